The summed E-state index contributed by atoms with van der Waals surface area (Å²) in [6.07, 6.45) is 0. The average Bonchev–Trinajstić information content (AvgIpc) is 3.22. The van der Waals surface area contributed by atoms with Crippen molar-refractivity contribution in [3.05, 3.63) is 83.3 Å². The summed E-state index contributed by atoms with van der Waals surface area (Å²) in [7, 11) is 0. The summed E-state index contributed by atoms with van der Waals surface area (Å²) in [6.45, 7) is 4.43. The molecule has 7 nitrogen and oxygen atoms in total. The van der Waals surface area contributed by atoms with Crippen LogP contribution in [0.4, 0.5) is 4.39 Å². The van der Waals surface area contributed by atoms with Crippen LogP contribution < -0.4 is 5.32 Å². The van der Waals surface area contributed by atoms with E-state index in [0.717, 1.165) is 5.56 Å². The molecule has 4 rings (SSSR count). The van der Waals surface area contributed by atoms with Crippen LogP contribution in [0.3, 0.4) is 0 Å². The van der Waals surface area contributed by atoms with Crippen LogP contribution in [0, 0.1) is 12.7 Å². The predicted octanol–water partition coefficient (Wildman–Crippen LogP) is 4.12. The lowest BCUT2D eigenvalue weighted by Crippen LogP contribution is -2.39. The van der Waals surface area contributed by atoms with E-state index in [1.165, 1.54) is 12.1 Å². The Morgan fingerprint density at radius 2 is 1.82 bits per heavy atom. The van der Waals surface area contributed by atoms with E-state index in [2.05, 4.69) is 15.5 Å². The van der Waals surface area contributed by atoms with Crippen LogP contribution in [0.2, 0.25) is 0 Å². The smallest absolute Gasteiger partial charge is 0.259 e. The molecule has 0 saturated heterocycles. The summed E-state index contributed by atoms with van der Waals surface area (Å²) in [5.74, 6) is -1.01. The second-order valence-corrected chi connectivity index (χ2v) is 7.59. The Bertz CT molecular complexity index is 1290. The number of likely N-dealkylation sites (N-methyl/N-ethyl adjacent to an activating group) is 1. The molecule has 0 atom stereocenters. The quantitative estimate of drug-likeness (QED) is 0.461. The van der Waals surface area contributed by atoms with E-state index in [-0.39, 0.29) is 29.5 Å². The zero-order valence-corrected chi connectivity index (χ0v) is 18.3. The number of aryl methyl sites for hydroxylation is 1. The SMILES string of the molecule is CCN(Cc1ccccc1)C(=O)CNC(=O)c1cc(-c2ccc(F)cc2)nc2onc(C)c12. The van der Waals surface area contributed by atoms with Crippen LogP contribution in [-0.2, 0) is 11.3 Å². The number of amides is 2. The number of carbonyl (C=O) groups excluding carboxylic acids is 2. The molecule has 0 spiro atoms. The molecule has 2 heterocycles. The largest absolute Gasteiger partial charge is 0.343 e. The third kappa shape index (κ3) is 4.90. The van der Waals surface area contributed by atoms with Crippen molar-refractivity contribution in [2.24, 2.45) is 0 Å². The van der Waals surface area contributed by atoms with Gasteiger partial charge in [-0.05, 0) is 49.7 Å². The Hall–Kier alpha value is -4.07. The monoisotopic (exact) mass is 446 g/mol. The summed E-state index contributed by atoms with van der Waals surface area (Å²) >= 11 is 0. The first-order valence-electron chi connectivity index (χ1n) is 10.6. The summed E-state index contributed by atoms with van der Waals surface area (Å²) in [5, 5.41) is 7.10. The number of hydrogen-bond acceptors (Lipinski definition) is 5. The van der Waals surface area contributed by atoms with Gasteiger partial charge in [-0.2, -0.15) is 0 Å². The van der Waals surface area contributed by atoms with Gasteiger partial charge >= 0.3 is 0 Å². The van der Waals surface area contributed by atoms with E-state index in [0.29, 0.717) is 35.4 Å². The van der Waals surface area contributed by atoms with Gasteiger partial charge in [-0.15, -0.1) is 0 Å². The van der Waals surface area contributed by atoms with E-state index < -0.39 is 5.91 Å². The Balaban J connectivity index is 1.55. The van der Waals surface area contributed by atoms with Crippen molar-refractivity contribution in [3.8, 4) is 11.3 Å². The minimum Gasteiger partial charge on any atom is -0.343 e. The van der Waals surface area contributed by atoms with E-state index in [4.69, 9.17) is 4.52 Å². The fraction of sp³-hybridized carbons (Fsp3) is 0.200. The Kier molecular flexibility index (Phi) is 6.44. The van der Waals surface area contributed by atoms with Gasteiger partial charge in [-0.3, -0.25) is 9.59 Å². The van der Waals surface area contributed by atoms with Crippen molar-refractivity contribution in [2.45, 2.75) is 20.4 Å². The van der Waals surface area contributed by atoms with E-state index in [1.54, 1.807) is 30.0 Å². The highest BCUT2D eigenvalue weighted by molar-refractivity contribution is 6.07. The molecule has 0 aliphatic carbocycles. The molecule has 2 aromatic heterocycles. The fourth-order valence-electron chi connectivity index (χ4n) is 3.59. The minimum atomic E-state index is -0.443. The van der Waals surface area contributed by atoms with Crippen molar-refractivity contribution >= 4 is 22.9 Å². The van der Waals surface area contributed by atoms with Gasteiger partial charge in [0.1, 0.15) is 5.82 Å². The van der Waals surface area contributed by atoms with Crippen molar-refractivity contribution in [2.75, 3.05) is 13.1 Å². The zero-order chi connectivity index (χ0) is 23.4. The first-order chi connectivity index (χ1) is 16.0. The van der Waals surface area contributed by atoms with Gasteiger partial charge in [0.15, 0.2) is 0 Å². The number of fused-ring (bicyclic) bond motifs is 1. The summed E-state index contributed by atoms with van der Waals surface area (Å²) in [6, 6.07) is 17.0. The number of aromatic nitrogens is 2. The fourth-order valence-corrected chi connectivity index (χ4v) is 3.59. The number of rotatable bonds is 7. The predicted molar refractivity (Wildman–Crippen MR) is 122 cm³/mol. The molecule has 1 N–H and O–H groups in total. The van der Waals surface area contributed by atoms with Crippen molar-refractivity contribution in [1.82, 2.24) is 20.4 Å². The van der Waals surface area contributed by atoms with Crippen LogP contribution in [0.1, 0.15) is 28.5 Å². The number of halogens is 1. The highest BCUT2D eigenvalue weighted by Gasteiger charge is 2.21. The Labute approximate surface area is 190 Å². The number of benzene rings is 2. The average molecular weight is 446 g/mol. The molecule has 0 unspecified atom stereocenters. The van der Waals surface area contributed by atoms with Crippen molar-refractivity contribution in [1.29, 1.82) is 0 Å². The molecular formula is C25H23FN4O3. The molecule has 168 valence electrons. The zero-order valence-electron chi connectivity index (χ0n) is 18.3. The molecule has 0 aliphatic rings. The number of nitrogens with zero attached hydrogens (tertiary/aromatic N) is 3. The number of hydrogen-bond donors (Lipinski definition) is 1. The van der Waals surface area contributed by atoms with Gasteiger partial charge in [-0.1, -0.05) is 35.5 Å². The highest BCUT2D eigenvalue weighted by Crippen LogP contribution is 2.27. The lowest BCUT2D eigenvalue weighted by molar-refractivity contribution is -0.130. The highest BCUT2D eigenvalue weighted by atomic mass is 19.1. The molecule has 2 amide bonds. The summed E-state index contributed by atoms with van der Waals surface area (Å²) < 4.78 is 18.6. The van der Waals surface area contributed by atoms with Gasteiger partial charge in [0, 0.05) is 18.7 Å². The molecule has 0 saturated carbocycles. The number of nitrogens with one attached hydrogen (secondary N) is 1. The second-order valence-electron chi connectivity index (χ2n) is 7.59. The van der Waals surface area contributed by atoms with Crippen molar-refractivity contribution < 1.29 is 18.5 Å². The Morgan fingerprint density at radius 1 is 1.09 bits per heavy atom. The molecule has 0 aliphatic heterocycles. The summed E-state index contributed by atoms with van der Waals surface area (Å²) in [4.78, 5) is 31.9. The maximum atomic E-state index is 13.3. The van der Waals surface area contributed by atoms with Crippen LogP contribution in [0.15, 0.2) is 65.2 Å². The third-order valence-corrected chi connectivity index (χ3v) is 5.35. The van der Waals surface area contributed by atoms with Crippen LogP contribution in [0.25, 0.3) is 22.4 Å². The second kappa shape index (κ2) is 9.60. The minimum absolute atomic E-state index is 0.153. The van der Waals surface area contributed by atoms with E-state index in [1.807, 2.05) is 37.3 Å². The maximum Gasteiger partial charge on any atom is 0.259 e. The number of pyridine rings is 1. The van der Waals surface area contributed by atoms with Gasteiger partial charge < -0.3 is 14.7 Å². The summed E-state index contributed by atoms with van der Waals surface area (Å²) in [5.41, 5.74) is 3.08. The van der Waals surface area contributed by atoms with Crippen LogP contribution in [-0.4, -0.2) is 39.9 Å². The van der Waals surface area contributed by atoms with Crippen LogP contribution >= 0.6 is 0 Å². The molecule has 2 aromatic carbocycles. The van der Waals surface area contributed by atoms with Crippen LogP contribution in [0.5, 0.6) is 0 Å². The Morgan fingerprint density at radius 3 is 2.52 bits per heavy atom. The number of carbonyl (C=O) groups is 2. The van der Waals surface area contributed by atoms with Gasteiger partial charge in [0.2, 0.25) is 5.91 Å². The first kappa shape index (κ1) is 22.1. The third-order valence-electron chi connectivity index (χ3n) is 5.35. The molecule has 4 aromatic rings. The first-order valence-corrected chi connectivity index (χ1v) is 10.6. The molecule has 0 fully saturated rings. The molecule has 33 heavy (non-hydrogen) atoms. The molecule has 8 heteroatoms. The maximum absolute atomic E-state index is 13.3. The normalized spacial score (nSPS) is 10.9. The molecule has 0 radical (unpaired) electrons. The van der Waals surface area contributed by atoms with E-state index >= 15 is 0 Å². The van der Waals surface area contributed by atoms with Crippen molar-refractivity contribution in [3.63, 3.8) is 0 Å². The molecule has 0 bridgehead atoms. The standard InChI is InChI=1S/C25H23FN4O3/c1-3-30(15-17-7-5-4-6-8-17)22(31)14-27-24(32)20-13-21(18-9-11-19(26)12-10-18)28-25-23(20)16(2)29-33-25/h4-13H,3,14-15H2,1-2H3,(H,27,32). The van der Waals surface area contributed by atoms with Gasteiger partial charge in [0.05, 0.1) is 28.9 Å². The topological polar surface area (TPSA) is 88.3 Å². The van der Waals surface area contributed by atoms with Gasteiger partial charge in [0.25, 0.3) is 11.6 Å². The van der Waals surface area contributed by atoms with E-state index in [9.17, 15) is 14.0 Å². The van der Waals surface area contributed by atoms with Gasteiger partial charge in [-0.25, -0.2) is 9.37 Å². The lowest BCUT2D eigenvalue weighted by Gasteiger charge is -2.21. The lowest BCUT2D eigenvalue weighted by atomic mass is 10.1. The molecular weight excluding hydrogens is 423 g/mol.